The van der Waals surface area contributed by atoms with Crippen molar-refractivity contribution in [2.45, 2.75) is 14.4 Å². The first kappa shape index (κ1) is 13.3. The molecule has 7 heteroatoms. The topological polar surface area (TPSA) is 25.8 Å². The first-order chi connectivity index (χ1) is 8.19. The van der Waals surface area contributed by atoms with E-state index in [2.05, 4.69) is 26.1 Å². The number of benzene rings is 1. The quantitative estimate of drug-likeness (QED) is 0.760. The monoisotopic (exact) mass is 350 g/mol. The molecule has 17 heavy (non-hydrogen) atoms. The van der Waals surface area contributed by atoms with E-state index >= 15 is 0 Å². The van der Waals surface area contributed by atoms with E-state index in [9.17, 15) is 4.39 Å². The van der Waals surface area contributed by atoms with Crippen LogP contribution in [-0.4, -0.2) is 16.5 Å². The molecule has 2 rings (SSSR count). The zero-order chi connectivity index (χ0) is 12.3. The number of hydrogen-bond donors (Lipinski definition) is 0. The Bertz CT molecular complexity index is 518. The predicted octanol–water partition coefficient (Wildman–Crippen LogP) is 4.45. The molecular weight excluding hydrogens is 343 g/mol. The van der Waals surface area contributed by atoms with Gasteiger partial charge in [-0.1, -0.05) is 56.9 Å². The number of hydrogen-bond acceptors (Lipinski definition) is 5. The number of thioether (sulfide) groups is 2. The molecule has 0 saturated heterocycles. The van der Waals surface area contributed by atoms with Gasteiger partial charge in [-0.2, -0.15) is 0 Å². The largest absolute Gasteiger partial charge is 0.207 e. The van der Waals surface area contributed by atoms with Gasteiger partial charge in [0.1, 0.15) is 5.82 Å². The van der Waals surface area contributed by atoms with E-state index in [0.29, 0.717) is 11.3 Å². The molecule has 90 valence electrons. The molecule has 1 heterocycles. The molecule has 1 aromatic carbocycles. The summed E-state index contributed by atoms with van der Waals surface area (Å²) >= 11 is 7.84. The Morgan fingerprint density at radius 1 is 1.35 bits per heavy atom. The maximum atomic E-state index is 13.5. The number of aromatic nitrogens is 2. The molecule has 0 aliphatic heterocycles. The summed E-state index contributed by atoms with van der Waals surface area (Å²) in [6, 6.07) is 5.10. The van der Waals surface area contributed by atoms with Crippen molar-refractivity contribution in [3.63, 3.8) is 0 Å². The van der Waals surface area contributed by atoms with E-state index in [-0.39, 0.29) is 5.82 Å². The normalized spacial score (nSPS) is 10.8. The first-order valence-corrected chi connectivity index (χ1v) is 8.45. The molecule has 0 fully saturated rings. The molecular formula is C10H8BrFN2S3. The summed E-state index contributed by atoms with van der Waals surface area (Å²) < 4.78 is 16.1. The van der Waals surface area contributed by atoms with Crippen molar-refractivity contribution < 1.29 is 4.39 Å². The zero-order valence-electron chi connectivity index (χ0n) is 8.81. The van der Waals surface area contributed by atoms with Gasteiger partial charge in [0, 0.05) is 10.2 Å². The van der Waals surface area contributed by atoms with Gasteiger partial charge in [0.05, 0.1) is 0 Å². The molecule has 0 amide bonds. The number of halogens is 2. The van der Waals surface area contributed by atoms with E-state index in [1.165, 1.54) is 29.2 Å². The van der Waals surface area contributed by atoms with Gasteiger partial charge in [-0.3, -0.25) is 0 Å². The minimum Gasteiger partial charge on any atom is -0.207 e. The Balaban J connectivity index is 2.02. The van der Waals surface area contributed by atoms with Gasteiger partial charge in [-0.25, -0.2) is 4.39 Å². The fourth-order valence-corrected chi connectivity index (χ4v) is 3.87. The molecule has 0 aliphatic carbocycles. The molecule has 0 aliphatic rings. The summed E-state index contributed by atoms with van der Waals surface area (Å²) in [5.74, 6) is 0.378. The second-order valence-electron chi connectivity index (χ2n) is 3.06. The van der Waals surface area contributed by atoms with Crippen molar-refractivity contribution in [3.8, 4) is 0 Å². The molecule has 0 bridgehead atoms. The predicted molar refractivity (Wildman–Crippen MR) is 75.4 cm³/mol. The highest BCUT2D eigenvalue weighted by Gasteiger charge is 2.07. The lowest BCUT2D eigenvalue weighted by atomic mass is 10.2. The van der Waals surface area contributed by atoms with Crippen LogP contribution in [0.1, 0.15) is 5.56 Å². The van der Waals surface area contributed by atoms with E-state index in [4.69, 9.17) is 0 Å². The molecule has 2 nitrogen and oxygen atoms in total. The van der Waals surface area contributed by atoms with E-state index in [1.54, 1.807) is 17.8 Å². The van der Waals surface area contributed by atoms with Crippen LogP contribution < -0.4 is 0 Å². The average molecular weight is 351 g/mol. The molecule has 0 unspecified atom stereocenters. The molecule has 0 saturated carbocycles. The fraction of sp³-hybridized carbons (Fsp3) is 0.200. The average Bonchev–Trinajstić information content (AvgIpc) is 2.76. The third-order valence-corrected chi connectivity index (χ3v) is 5.50. The maximum Gasteiger partial charge on any atom is 0.175 e. The highest BCUT2D eigenvalue weighted by atomic mass is 79.9. The third-order valence-electron chi connectivity index (χ3n) is 1.93. The molecule has 1 aromatic heterocycles. The molecule has 0 N–H and O–H groups in total. The van der Waals surface area contributed by atoms with E-state index in [1.807, 2.05) is 12.3 Å². The Kier molecular flexibility index (Phi) is 4.84. The molecule has 0 spiro atoms. The van der Waals surface area contributed by atoms with Crippen molar-refractivity contribution in [3.05, 3.63) is 34.1 Å². The standard InChI is InChI=1S/C10H8BrFN2S3/c1-15-9-13-14-10(17-9)16-5-6-2-3-7(11)4-8(6)12/h2-4H,5H2,1H3. The van der Waals surface area contributed by atoms with Crippen LogP contribution in [-0.2, 0) is 5.75 Å². The van der Waals surface area contributed by atoms with Crippen LogP contribution in [0.3, 0.4) is 0 Å². The van der Waals surface area contributed by atoms with Crippen LogP contribution in [0, 0.1) is 5.82 Å². The number of nitrogens with zero attached hydrogens (tertiary/aromatic N) is 2. The van der Waals surface area contributed by atoms with Gasteiger partial charge < -0.3 is 0 Å². The Hall–Kier alpha value is -0.110. The molecule has 0 atom stereocenters. The van der Waals surface area contributed by atoms with Crippen molar-refractivity contribution in [1.82, 2.24) is 10.2 Å². The third kappa shape index (κ3) is 3.67. The van der Waals surface area contributed by atoms with Crippen LogP contribution in [0.2, 0.25) is 0 Å². The van der Waals surface area contributed by atoms with Gasteiger partial charge in [0.15, 0.2) is 8.68 Å². The maximum absolute atomic E-state index is 13.5. The Morgan fingerprint density at radius 3 is 2.76 bits per heavy atom. The summed E-state index contributed by atoms with van der Waals surface area (Å²) in [6.07, 6.45) is 1.96. The van der Waals surface area contributed by atoms with Gasteiger partial charge in [-0.15, -0.1) is 10.2 Å². The van der Waals surface area contributed by atoms with Crippen molar-refractivity contribution in [2.24, 2.45) is 0 Å². The fourth-order valence-electron chi connectivity index (χ4n) is 1.12. The second kappa shape index (κ2) is 6.17. The Morgan fingerprint density at radius 2 is 2.12 bits per heavy atom. The SMILES string of the molecule is CSc1nnc(SCc2ccc(Br)cc2F)s1. The van der Waals surface area contributed by atoms with Gasteiger partial charge in [0.25, 0.3) is 0 Å². The van der Waals surface area contributed by atoms with Crippen LogP contribution in [0.15, 0.2) is 31.4 Å². The van der Waals surface area contributed by atoms with Crippen LogP contribution in [0.25, 0.3) is 0 Å². The minimum atomic E-state index is -0.193. The summed E-state index contributed by atoms with van der Waals surface area (Å²) in [4.78, 5) is 0. The summed E-state index contributed by atoms with van der Waals surface area (Å²) in [5.41, 5.74) is 0.680. The first-order valence-electron chi connectivity index (χ1n) is 4.63. The summed E-state index contributed by atoms with van der Waals surface area (Å²) in [7, 11) is 0. The smallest absolute Gasteiger partial charge is 0.175 e. The minimum absolute atomic E-state index is 0.193. The van der Waals surface area contributed by atoms with Crippen LogP contribution in [0.4, 0.5) is 4.39 Å². The Labute approximate surface area is 120 Å². The van der Waals surface area contributed by atoms with Crippen LogP contribution in [0.5, 0.6) is 0 Å². The van der Waals surface area contributed by atoms with Crippen molar-refractivity contribution in [1.29, 1.82) is 0 Å². The van der Waals surface area contributed by atoms with E-state index < -0.39 is 0 Å². The molecule has 2 aromatic rings. The van der Waals surface area contributed by atoms with Crippen molar-refractivity contribution >= 4 is 50.8 Å². The summed E-state index contributed by atoms with van der Waals surface area (Å²) in [5, 5.41) is 8.02. The summed E-state index contributed by atoms with van der Waals surface area (Å²) in [6.45, 7) is 0. The number of rotatable bonds is 4. The zero-order valence-corrected chi connectivity index (χ0v) is 12.8. The lowest BCUT2D eigenvalue weighted by molar-refractivity contribution is 0.616. The van der Waals surface area contributed by atoms with Gasteiger partial charge in [-0.05, 0) is 24.0 Å². The lowest BCUT2D eigenvalue weighted by Gasteiger charge is -2.01. The van der Waals surface area contributed by atoms with Gasteiger partial charge >= 0.3 is 0 Å². The van der Waals surface area contributed by atoms with Crippen LogP contribution >= 0.6 is 50.8 Å². The lowest BCUT2D eigenvalue weighted by Crippen LogP contribution is -1.87. The van der Waals surface area contributed by atoms with Crippen molar-refractivity contribution in [2.75, 3.05) is 6.26 Å². The highest BCUT2D eigenvalue weighted by molar-refractivity contribution is 9.10. The second-order valence-corrected chi connectivity index (χ2v) is 7.23. The van der Waals surface area contributed by atoms with E-state index in [0.717, 1.165) is 13.2 Å². The van der Waals surface area contributed by atoms with Gasteiger partial charge in [0.2, 0.25) is 0 Å². The molecule has 0 radical (unpaired) electrons. The highest BCUT2D eigenvalue weighted by Crippen LogP contribution is 2.30.